The molecule has 1 saturated heterocycles. The molecule has 54 heavy (non-hydrogen) atoms. The normalized spacial score (nSPS) is 25.4. The Hall–Kier alpha value is -4.44. The van der Waals surface area contributed by atoms with Crippen molar-refractivity contribution in [2.75, 3.05) is 13.2 Å². The Morgan fingerprint density at radius 1 is 0.722 bits per heavy atom. The molecule has 13 heteroatoms. The number of benzene rings is 4. The lowest BCUT2D eigenvalue weighted by Crippen LogP contribution is -2.67. The lowest BCUT2D eigenvalue weighted by atomic mass is 9.96. The summed E-state index contributed by atoms with van der Waals surface area (Å²) in [7, 11) is -4.24. The topological polar surface area (TPSA) is 148 Å². The summed E-state index contributed by atoms with van der Waals surface area (Å²) in [6.07, 6.45) is -4.21. The third-order valence-electron chi connectivity index (χ3n) is 8.94. The van der Waals surface area contributed by atoms with Crippen LogP contribution in [0.2, 0.25) is 0 Å². The van der Waals surface area contributed by atoms with Gasteiger partial charge in [0.2, 0.25) is 10.0 Å². The average Bonchev–Trinajstić information content (AvgIpc) is 3.19. The molecule has 286 valence electrons. The lowest BCUT2D eigenvalue weighted by Gasteiger charge is -2.47. The molecular formula is C41H45NO11S. The van der Waals surface area contributed by atoms with Gasteiger partial charge in [-0.2, -0.15) is 0 Å². The van der Waals surface area contributed by atoms with Crippen LogP contribution >= 0.6 is 0 Å². The van der Waals surface area contributed by atoms with Crippen molar-refractivity contribution >= 4 is 16.0 Å². The summed E-state index contributed by atoms with van der Waals surface area (Å²) in [5, 5.41) is 10.4. The Balaban J connectivity index is 1.36. The van der Waals surface area contributed by atoms with Gasteiger partial charge >= 0.3 is 5.97 Å². The number of sulfonamides is 1. The van der Waals surface area contributed by atoms with Crippen LogP contribution in [0.3, 0.4) is 0 Å². The number of nitrogens with one attached hydrogen (secondary N) is 1. The minimum absolute atomic E-state index is 0.0100. The van der Waals surface area contributed by atoms with E-state index in [4.69, 9.17) is 33.2 Å². The summed E-state index contributed by atoms with van der Waals surface area (Å²) in [6, 6.07) is 34.9. The van der Waals surface area contributed by atoms with Crippen molar-refractivity contribution in [2.24, 2.45) is 0 Å². The highest BCUT2D eigenvalue weighted by molar-refractivity contribution is 7.89. The van der Waals surface area contributed by atoms with Gasteiger partial charge in [-0.25, -0.2) is 13.1 Å². The quantitative estimate of drug-likeness (QED) is 0.145. The van der Waals surface area contributed by atoms with E-state index < -0.39 is 71.6 Å². The molecule has 4 aromatic carbocycles. The molecule has 2 aliphatic heterocycles. The predicted molar refractivity (Wildman–Crippen MR) is 197 cm³/mol. The third-order valence-corrected chi connectivity index (χ3v) is 10.4. The molecule has 1 fully saturated rings. The van der Waals surface area contributed by atoms with Crippen LogP contribution in [0.4, 0.5) is 0 Å². The molecule has 0 aromatic heterocycles. The molecule has 0 radical (unpaired) electrons. The first-order chi connectivity index (χ1) is 26.3. The van der Waals surface area contributed by atoms with E-state index in [1.807, 2.05) is 91.0 Å². The average molecular weight is 760 g/mol. The molecule has 12 nitrogen and oxygen atoms in total. The van der Waals surface area contributed by atoms with Gasteiger partial charge in [0.25, 0.3) is 0 Å². The van der Waals surface area contributed by atoms with Crippen LogP contribution in [0.5, 0.6) is 0 Å². The van der Waals surface area contributed by atoms with Crippen molar-refractivity contribution in [1.29, 1.82) is 0 Å². The highest BCUT2D eigenvalue weighted by atomic mass is 32.2. The second-order valence-electron chi connectivity index (χ2n) is 12.9. The van der Waals surface area contributed by atoms with Crippen LogP contribution in [-0.4, -0.2) is 81.7 Å². The SMILES string of the molecule is CC(=O)O[C@@H]1C(COCc2ccccc2)O[C@@H](O[C@@H]2C(CO)OC=C[C@H]2OCc2ccccc2)C(NS(=O)(=O)c2ccccc2)[C@@H]1OCc1ccccc1. The number of hydrogen-bond acceptors (Lipinski definition) is 11. The first-order valence-electron chi connectivity index (χ1n) is 17.7. The number of aliphatic hydroxyl groups is 1. The molecular weight excluding hydrogens is 715 g/mol. The highest BCUT2D eigenvalue weighted by Gasteiger charge is 2.52. The maximum absolute atomic E-state index is 14.0. The fourth-order valence-electron chi connectivity index (χ4n) is 6.30. The van der Waals surface area contributed by atoms with Gasteiger partial charge in [-0.05, 0) is 34.9 Å². The number of carbonyl (C=O) groups excluding carboxylic acids is 1. The number of esters is 1. The first kappa shape index (κ1) is 39.3. The zero-order valence-electron chi connectivity index (χ0n) is 29.8. The van der Waals surface area contributed by atoms with Crippen LogP contribution in [0.1, 0.15) is 23.6 Å². The second kappa shape index (κ2) is 19.2. The molecule has 2 heterocycles. The van der Waals surface area contributed by atoms with Crippen molar-refractivity contribution in [3.05, 3.63) is 150 Å². The zero-order chi connectivity index (χ0) is 37.8. The largest absolute Gasteiger partial charge is 0.493 e. The van der Waals surface area contributed by atoms with E-state index >= 15 is 0 Å². The van der Waals surface area contributed by atoms with Crippen LogP contribution in [0.15, 0.2) is 139 Å². The summed E-state index contributed by atoms with van der Waals surface area (Å²) in [5.74, 6) is -0.630. The van der Waals surface area contributed by atoms with Gasteiger partial charge in [-0.15, -0.1) is 0 Å². The number of ether oxygens (including phenoxy) is 7. The fourth-order valence-corrected chi connectivity index (χ4v) is 7.55. The number of aliphatic hydroxyl groups excluding tert-OH is 1. The van der Waals surface area contributed by atoms with Gasteiger partial charge in [-0.1, -0.05) is 109 Å². The monoisotopic (exact) mass is 759 g/mol. The zero-order valence-corrected chi connectivity index (χ0v) is 30.6. The molecule has 0 aliphatic carbocycles. The summed E-state index contributed by atoms with van der Waals surface area (Å²) < 4.78 is 74.6. The molecule has 2 N–H and O–H groups in total. The summed E-state index contributed by atoms with van der Waals surface area (Å²) in [4.78, 5) is 12.7. The molecule has 4 aromatic rings. The molecule has 2 aliphatic rings. The molecule has 0 spiro atoms. The summed E-state index contributed by atoms with van der Waals surface area (Å²) in [6.45, 7) is 1.22. The van der Waals surface area contributed by atoms with Gasteiger partial charge in [0.1, 0.15) is 36.6 Å². The highest BCUT2D eigenvalue weighted by Crippen LogP contribution is 2.32. The van der Waals surface area contributed by atoms with Crippen LogP contribution < -0.4 is 4.72 Å². The minimum Gasteiger partial charge on any atom is -0.493 e. The molecule has 0 saturated carbocycles. The number of rotatable bonds is 17. The van der Waals surface area contributed by atoms with E-state index in [-0.39, 0.29) is 31.3 Å². The molecule has 8 atom stereocenters. The van der Waals surface area contributed by atoms with Gasteiger partial charge < -0.3 is 38.3 Å². The standard InChI is InChI=1S/C41H45NO11S/c1-29(44)51-39-36(28-47-25-30-14-6-2-7-15-30)52-41(53-38-34(22-23-48-35(38)24-43)49-26-31-16-8-3-9-17-31)37(40(39)50-27-32-18-10-4-11-19-32)42-54(45,46)33-20-12-5-13-21-33/h2-23,34-43H,24-28H2,1H3/t34-,35?,36?,37?,38+,39-,40+,41+/m1/s1. The first-order valence-corrected chi connectivity index (χ1v) is 19.2. The minimum atomic E-state index is -4.24. The van der Waals surface area contributed by atoms with E-state index in [1.165, 1.54) is 25.3 Å². The maximum atomic E-state index is 14.0. The van der Waals surface area contributed by atoms with E-state index in [1.54, 1.807) is 24.3 Å². The molecule has 3 unspecified atom stereocenters. The van der Waals surface area contributed by atoms with Crippen molar-refractivity contribution < 1.29 is 51.5 Å². The second-order valence-corrected chi connectivity index (χ2v) is 14.6. The smallest absolute Gasteiger partial charge is 0.303 e. The Morgan fingerprint density at radius 2 is 1.28 bits per heavy atom. The Kier molecular flexibility index (Phi) is 14.0. The van der Waals surface area contributed by atoms with Gasteiger partial charge in [0, 0.05) is 6.92 Å². The molecule has 6 rings (SSSR count). The lowest BCUT2D eigenvalue weighted by molar-refractivity contribution is -0.308. The maximum Gasteiger partial charge on any atom is 0.303 e. The van der Waals surface area contributed by atoms with Crippen LogP contribution in [0, 0.1) is 0 Å². The van der Waals surface area contributed by atoms with Gasteiger partial charge in [0.15, 0.2) is 12.4 Å². The summed E-state index contributed by atoms with van der Waals surface area (Å²) >= 11 is 0. The Labute approximate surface area is 315 Å². The van der Waals surface area contributed by atoms with Crippen LogP contribution in [0.25, 0.3) is 0 Å². The van der Waals surface area contributed by atoms with Crippen LogP contribution in [-0.2, 0) is 67.8 Å². The Morgan fingerprint density at radius 3 is 1.85 bits per heavy atom. The van der Waals surface area contributed by atoms with Gasteiger partial charge in [-0.3, -0.25) is 4.79 Å². The van der Waals surface area contributed by atoms with E-state index in [2.05, 4.69) is 4.72 Å². The molecule has 0 bridgehead atoms. The van der Waals surface area contributed by atoms with Crippen molar-refractivity contribution in [1.82, 2.24) is 4.72 Å². The molecule has 0 amide bonds. The predicted octanol–water partition coefficient (Wildman–Crippen LogP) is 4.67. The van der Waals surface area contributed by atoms with Crippen molar-refractivity contribution in [3.63, 3.8) is 0 Å². The Bertz CT molecular complexity index is 1870. The van der Waals surface area contributed by atoms with E-state index in [0.29, 0.717) is 0 Å². The summed E-state index contributed by atoms with van der Waals surface area (Å²) in [5.41, 5.74) is 2.62. The fraction of sp³-hybridized carbons (Fsp3) is 0.341. The van der Waals surface area contributed by atoms with Crippen molar-refractivity contribution in [3.8, 4) is 0 Å². The van der Waals surface area contributed by atoms with E-state index in [0.717, 1.165) is 16.7 Å². The van der Waals surface area contributed by atoms with Crippen molar-refractivity contribution in [2.45, 2.75) is 80.6 Å². The number of hydrogen-bond donors (Lipinski definition) is 2. The van der Waals surface area contributed by atoms with Gasteiger partial charge in [0.05, 0.1) is 44.2 Å². The number of carbonyl (C=O) groups is 1. The van der Waals surface area contributed by atoms with E-state index in [9.17, 15) is 18.3 Å². The third kappa shape index (κ3) is 10.6.